The molecule has 3 N–H and O–H groups in total. The van der Waals surface area contributed by atoms with Crippen molar-refractivity contribution >= 4 is 0 Å². The Balaban J connectivity index is 1.74. The smallest absolute Gasteiger partial charge is 0.0638 e. The van der Waals surface area contributed by atoms with Crippen LogP contribution in [-0.4, -0.2) is 19.3 Å². The first-order chi connectivity index (χ1) is 9.09. The molecule has 0 radical (unpaired) electrons. The Morgan fingerprint density at radius 3 is 2.47 bits per heavy atom. The summed E-state index contributed by atoms with van der Waals surface area (Å²) in [7, 11) is 0. The highest BCUT2D eigenvalue weighted by atomic mass is 16.5. The van der Waals surface area contributed by atoms with E-state index in [1.54, 1.807) is 0 Å². The van der Waals surface area contributed by atoms with Crippen LogP contribution in [0, 0.1) is 22.7 Å². The second kappa shape index (κ2) is 5.01. The average Bonchev–Trinajstić information content (AvgIpc) is 2.31. The predicted octanol–water partition coefficient (Wildman–Crippen LogP) is 2.85. The van der Waals surface area contributed by atoms with E-state index in [-0.39, 0.29) is 0 Å². The van der Waals surface area contributed by atoms with E-state index < -0.39 is 0 Å². The molecule has 4 rings (SSSR count). The van der Waals surface area contributed by atoms with Crippen molar-refractivity contribution in [3.63, 3.8) is 0 Å². The molecule has 0 aromatic carbocycles. The molecule has 4 aliphatic carbocycles. The first-order valence-electron chi connectivity index (χ1n) is 8.13. The Morgan fingerprint density at radius 1 is 1.26 bits per heavy atom. The van der Waals surface area contributed by atoms with Gasteiger partial charge in [0.05, 0.1) is 12.6 Å². The number of nitrogens with one attached hydrogen (secondary N) is 1. The molecule has 3 atom stereocenters. The molecule has 0 aromatic heterocycles. The average molecular weight is 266 g/mol. The molecule has 0 saturated heterocycles. The van der Waals surface area contributed by atoms with Crippen LogP contribution in [0.15, 0.2) is 0 Å². The number of rotatable bonds is 6. The Kier molecular flexibility index (Phi) is 3.65. The second-order valence-electron chi connectivity index (χ2n) is 7.93. The third-order valence-corrected chi connectivity index (χ3v) is 5.97. The fourth-order valence-electron chi connectivity index (χ4n) is 5.95. The van der Waals surface area contributed by atoms with Crippen LogP contribution in [0.4, 0.5) is 0 Å². The van der Waals surface area contributed by atoms with Gasteiger partial charge in [0.1, 0.15) is 0 Å². The summed E-state index contributed by atoms with van der Waals surface area (Å²) in [5.41, 5.74) is 4.12. The first-order valence-corrected chi connectivity index (χ1v) is 8.13. The van der Waals surface area contributed by atoms with Crippen molar-refractivity contribution in [1.29, 1.82) is 0 Å². The zero-order chi connectivity index (χ0) is 13.5. The summed E-state index contributed by atoms with van der Waals surface area (Å²) in [5, 5.41) is 0. The van der Waals surface area contributed by atoms with Crippen molar-refractivity contribution in [2.75, 3.05) is 13.2 Å². The number of hydrazine groups is 1. The highest BCUT2D eigenvalue weighted by molar-refractivity contribution is 5.09. The molecule has 4 aliphatic rings. The maximum atomic E-state index is 5.89. The maximum Gasteiger partial charge on any atom is 0.0638 e. The summed E-state index contributed by atoms with van der Waals surface area (Å²) in [6.45, 7) is 6.33. The van der Waals surface area contributed by atoms with Gasteiger partial charge in [-0.2, -0.15) is 0 Å². The zero-order valence-electron chi connectivity index (χ0n) is 12.6. The van der Waals surface area contributed by atoms with Crippen molar-refractivity contribution in [3.8, 4) is 0 Å². The molecule has 0 aliphatic heterocycles. The molecule has 4 fully saturated rings. The lowest BCUT2D eigenvalue weighted by atomic mass is 9.43. The van der Waals surface area contributed by atoms with E-state index in [1.807, 2.05) is 0 Å². The summed E-state index contributed by atoms with van der Waals surface area (Å²) < 4.78 is 5.82. The lowest BCUT2D eigenvalue weighted by molar-refractivity contribution is -0.127. The van der Waals surface area contributed by atoms with Crippen LogP contribution in [0.25, 0.3) is 0 Å². The maximum absolute atomic E-state index is 5.89. The van der Waals surface area contributed by atoms with Gasteiger partial charge in [-0.25, -0.2) is 0 Å². The van der Waals surface area contributed by atoms with E-state index >= 15 is 0 Å². The van der Waals surface area contributed by atoms with Crippen LogP contribution in [0.1, 0.15) is 58.8 Å². The van der Waals surface area contributed by atoms with E-state index in [4.69, 9.17) is 10.6 Å². The lowest BCUT2D eigenvalue weighted by Gasteiger charge is -2.63. The van der Waals surface area contributed by atoms with Crippen molar-refractivity contribution in [2.45, 2.75) is 64.8 Å². The quantitative estimate of drug-likeness (QED) is 0.441. The zero-order valence-corrected chi connectivity index (χ0v) is 12.6. The highest BCUT2D eigenvalue weighted by Gasteiger charge is 2.58. The molecule has 19 heavy (non-hydrogen) atoms. The van der Waals surface area contributed by atoms with Crippen molar-refractivity contribution < 1.29 is 4.74 Å². The number of nitrogens with two attached hydrogens (primary N) is 1. The van der Waals surface area contributed by atoms with Gasteiger partial charge in [0.2, 0.25) is 0 Å². The minimum Gasteiger partial charge on any atom is -0.380 e. The third-order valence-electron chi connectivity index (χ3n) is 5.97. The van der Waals surface area contributed by atoms with Crippen LogP contribution >= 0.6 is 0 Å². The molecule has 3 unspecified atom stereocenters. The Hall–Kier alpha value is -0.120. The number of ether oxygens (including phenoxy) is 1. The predicted molar refractivity (Wildman–Crippen MR) is 77.4 cm³/mol. The third kappa shape index (κ3) is 2.45. The molecule has 3 heteroatoms. The van der Waals surface area contributed by atoms with Gasteiger partial charge in [-0.05, 0) is 67.6 Å². The van der Waals surface area contributed by atoms with Crippen LogP contribution in [0.2, 0.25) is 0 Å². The van der Waals surface area contributed by atoms with Gasteiger partial charge in [-0.3, -0.25) is 11.3 Å². The topological polar surface area (TPSA) is 47.3 Å². The van der Waals surface area contributed by atoms with Gasteiger partial charge >= 0.3 is 0 Å². The van der Waals surface area contributed by atoms with Gasteiger partial charge in [-0.1, -0.05) is 13.8 Å². The SMILES string of the molecule is CCCOCC(NN)C12CC3CC(CC(C)(C3)C1)C2. The van der Waals surface area contributed by atoms with Crippen LogP contribution in [-0.2, 0) is 4.74 Å². The first kappa shape index (κ1) is 13.8. The monoisotopic (exact) mass is 266 g/mol. The van der Waals surface area contributed by atoms with E-state index in [2.05, 4.69) is 19.3 Å². The minimum atomic E-state index is 0.351. The molecular formula is C16H30N2O. The van der Waals surface area contributed by atoms with Gasteiger partial charge in [0, 0.05) is 6.61 Å². The van der Waals surface area contributed by atoms with Crippen LogP contribution in [0.5, 0.6) is 0 Å². The van der Waals surface area contributed by atoms with Gasteiger partial charge in [0.15, 0.2) is 0 Å². The lowest BCUT2D eigenvalue weighted by Crippen LogP contribution is -2.61. The molecule has 4 saturated carbocycles. The molecule has 4 bridgehead atoms. The van der Waals surface area contributed by atoms with Crippen LogP contribution < -0.4 is 11.3 Å². The second-order valence-corrected chi connectivity index (χ2v) is 7.93. The summed E-state index contributed by atoms with van der Waals surface area (Å²) in [6, 6.07) is 0.351. The minimum absolute atomic E-state index is 0.351. The molecule has 110 valence electrons. The Labute approximate surface area is 117 Å². The van der Waals surface area contributed by atoms with Crippen molar-refractivity contribution in [3.05, 3.63) is 0 Å². The van der Waals surface area contributed by atoms with Crippen molar-refractivity contribution in [1.82, 2.24) is 5.43 Å². The molecular weight excluding hydrogens is 236 g/mol. The molecule has 0 amide bonds. The fraction of sp³-hybridized carbons (Fsp3) is 1.00. The fourth-order valence-corrected chi connectivity index (χ4v) is 5.95. The highest BCUT2D eigenvalue weighted by Crippen LogP contribution is 2.66. The Bertz CT molecular complexity index is 317. The molecule has 0 heterocycles. The summed E-state index contributed by atoms with van der Waals surface area (Å²) in [6.07, 6.45) is 9.60. The van der Waals surface area contributed by atoms with E-state index in [0.717, 1.165) is 31.5 Å². The largest absolute Gasteiger partial charge is 0.380 e. The van der Waals surface area contributed by atoms with Gasteiger partial charge in [0.25, 0.3) is 0 Å². The number of hydrogen-bond acceptors (Lipinski definition) is 3. The van der Waals surface area contributed by atoms with Crippen LogP contribution in [0.3, 0.4) is 0 Å². The molecule has 3 nitrogen and oxygen atoms in total. The molecule has 0 aromatic rings. The summed E-state index contributed by atoms with van der Waals surface area (Å²) in [5.74, 6) is 7.79. The van der Waals surface area contributed by atoms with E-state index in [0.29, 0.717) is 16.9 Å². The summed E-state index contributed by atoms with van der Waals surface area (Å²) >= 11 is 0. The van der Waals surface area contributed by atoms with E-state index in [9.17, 15) is 0 Å². The summed E-state index contributed by atoms with van der Waals surface area (Å²) in [4.78, 5) is 0. The van der Waals surface area contributed by atoms with Crippen molar-refractivity contribution in [2.24, 2.45) is 28.5 Å². The van der Waals surface area contributed by atoms with Gasteiger partial charge in [-0.15, -0.1) is 0 Å². The van der Waals surface area contributed by atoms with Gasteiger partial charge < -0.3 is 4.74 Å². The molecule has 0 spiro atoms. The Morgan fingerprint density at radius 2 is 1.95 bits per heavy atom. The standard InChI is InChI=1S/C16H30N2O/c1-3-4-19-10-14(18-17)16-8-12-5-13(9-16)7-15(2,6-12)11-16/h12-14,18H,3-11,17H2,1-2H3. The van der Waals surface area contributed by atoms with E-state index in [1.165, 1.54) is 38.5 Å². The normalized spacial score (nSPS) is 45.6. The number of hydrogen-bond donors (Lipinski definition) is 2.